The lowest BCUT2D eigenvalue weighted by atomic mass is 10.2. The molecule has 114 valence electrons. The van der Waals surface area contributed by atoms with Crippen LogP contribution in [0, 0.1) is 11.8 Å². The van der Waals surface area contributed by atoms with Gasteiger partial charge in [0.1, 0.15) is 12.4 Å². The first kappa shape index (κ1) is 17.0. The van der Waals surface area contributed by atoms with Crippen LogP contribution in [0.3, 0.4) is 0 Å². The highest BCUT2D eigenvalue weighted by Gasteiger charge is 2.05. The molecule has 0 bridgehead atoms. The van der Waals surface area contributed by atoms with E-state index >= 15 is 0 Å². The van der Waals surface area contributed by atoms with Crippen LogP contribution in [-0.4, -0.2) is 50.6 Å². The van der Waals surface area contributed by atoms with Gasteiger partial charge >= 0.3 is 0 Å². The Balaban J connectivity index is 2.36. The second kappa shape index (κ2) is 9.81. The fourth-order valence-corrected chi connectivity index (χ4v) is 1.71. The smallest absolute Gasteiger partial charge is 0.234 e. The summed E-state index contributed by atoms with van der Waals surface area (Å²) in [6.45, 7) is 4.47. The van der Waals surface area contributed by atoms with Crippen molar-refractivity contribution in [3.63, 3.8) is 0 Å². The summed E-state index contributed by atoms with van der Waals surface area (Å²) in [5.74, 6) is 6.57. The van der Waals surface area contributed by atoms with Gasteiger partial charge in [-0.1, -0.05) is 17.9 Å². The number of hydrogen-bond acceptors (Lipinski definition) is 4. The number of carbonyl (C=O) groups excluding carboxylic acids is 1. The Bertz CT molecular complexity index is 506. The van der Waals surface area contributed by atoms with E-state index in [0.29, 0.717) is 32.8 Å². The second-order valence-corrected chi connectivity index (χ2v) is 4.57. The van der Waals surface area contributed by atoms with Crippen molar-refractivity contribution in [2.24, 2.45) is 5.73 Å². The number of benzene rings is 1. The van der Waals surface area contributed by atoms with Gasteiger partial charge in [0.25, 0.3) is 0 Å². The van der Waals surface area contributed by atoms with Gasteiger partial charge in [-0.3, -0.25) is 9.69 Å². The predicted octanol–water partition coefficient (Wildman–Crippen LogP) is 0.444. The highest BCUT2D eigenvalue weighted by atomic mass is 16.5. The maximum absolute atomic E-state index is 11.4. The number of likely N-dealkylation sites (N-methyl/N-ethyl adjacent to an activating group) is 2. The second-order valence-electron chi connectivity index (χ2n) is 4.57. The number of nitrogens with zero attached hydrogens (tertiary/aromatic N) is 1. The normalized spacial score (nSPS) is 9.90. The third kappa shape index (κ3) is 7.35. The van der Waals surface area contributed by atoms with E-state index in [1.54, 1.807) is 0 Å². The zero-order valence-electron chi connectivity index (χ0n) is 12.7. The van der Waals surface area contributed by atoms with Gasteiger partial charge in [0.2, 0.25) is 5.91 Å². The molecule has 0 unspecified atom stereocenters. The maximum atomic E-state index is 11.4. The minimum atomic E-state index is 0.0269. The van der Waals surface area contributed by atoms with Crippen molar-refractivity contribution >= 4 is 5.91 Å². The Hall–Kier alpha value is -2.03. The van der Waals surface area contributed by atoms with E-state index in [1.807, 2.05) is 43.1 Å². The van der Waals surface area contributed by atoms with E-state index in [9.17, 15) is 4.79 Å². The number of carbonyl (C=O) groups is 1. The quantitative estimate of drug-likeness (QED) is 0.715. The van der Waals surface area contributed by atoms with Crippen LogP contribution in [0.25, 0.3) is 0 Å². The molecule has 1 amide bonds. The van der Waals surface area contributed by atoms with E-state index < -0.39 is 0 Å². The molecule has 5 nitrogen and oxygen atoms in total. The largest absolute Gasteiger partial charge is 0.492 e. The first-order valence-electron chi connectivity index (χ1n) is 7.02. The van der Waals surface area contributed by atoms with E-state index in [4.69, 9.17) is 10.5 Å². The van der Waals surface area contributed by atoms with Crippen molar-refractivity contribution in [2.45, 2.75) is 6.92 Å². The summed E-state index contributed by atoms with van der Waals surface area (Å²) in [4.78, 5) is 13.3. The Kier molecular flexibility index (Phi) is 7.95. The van der Waals surface area contributed by atoms with Gasteiger partial charge in [0.15, 0.2) is 0 Å². The van der Waals surface area contributed by atoms with Crippen molar-refractivity contribution in [1.82, 2.24) is 10.2 Å². The summed E-state index contributed by atoms with van der Waals surface area (Å²) in [5.41, 5.74) is 6.23. The fraction of sp³-hybridized carbons (Fsp3) is 0.438. The molecule has 0 aliphatic heterocycles. The lowest BCUT2D eigenvalue weighted by molar-refractivity contribution is -0.121. The Morgan fingerprint density at radius 2 is 2.29 bits per heavy atom. The number of amides is 1. The van der Waals surface area contributed by atoms with Crippen LogP contribution in [0.15, 0.2) is 24.3 Å². The Morgan fingerprint density at radius 1 is 1.48 bits per heavy atom. The first-order valence-corrected chi connectivity index (χ1v) is 7.02. The molecule has 0 saturated heterocycles. The topological polar surface area (TPSA) is 67.6 Å². The van der Waals surface area contributed by atoms with Crippen molar-refractivity contribution in [3.8, 4) is 17.6 Å². The average Bonchev–Trinajstić information content (AvgIpc) is 2.45. The van der Waals surface area contributed by atoms with Crippen LogP contribution in [0.5, 0.6) is 5.75 Å². The van der Waals surface area contributed by atoms with Crippen molar-refractivity contribution in [3.05, 3.63) is 29.8 Å². The first-order chi connectivity index (χ1) is 10.2. The zero-order chi connectivity index (χ0) is 15.5. The van der Waals surface area contributed by atoms with Crippen LogP contribution in [0.1, 0.15) is 12.5 Å². The van der Waals surface area contributed by atoms with E-state index in [2.05, 4.69) is 17.2 Å². The lowest BCUT2D eigenvalue weighted by Crippen LogP contribution is -2.36. The summed E-state index contributed by atoms with van der Waals surface area (Å²) in [6.07, 6.45) is 0. The summed E-state index contributed by atoms with van der Waals surface area (Å²) in [5, 5.41) is 2.76. The summed E-state index contributed by atoms with van der Waals surface area (Å²) < 4.78 is 5.67. The number of ether oxygens (including phenoxy) is 1. The molecule has 0 spiro atoms. The molecule has 0 aliphatic rings. The van der Waals surface area contributed by atoms with Gasteiger partial charge in [0, 0.05) is 18.7 Å². The monoisotopic (exact) mass is 289 g/mol. The molecule has 0 aromatic heterocycles. The predicted molar refractivity (Wildman–Crippen MR) is 84.1 cm³/mol. The molecule has 1 aromatic carbocycles. The molecule has 0 aliphatic carbocycles. The summed E-state index contributed by atoms with van der Waals surface area (Å²) in [6, 6.07) is 7.58. The Morgan fingerprint density at radius 3 is 3.00 bits per heavy atom. The SMILES string of the molecule is CCNC(=O)CN(C)CCOc1cccc(C#CCN)c1. The van der Waals surface area contributed by atoms with Crippen molar-refractivity contribution in [2.75, 3.05) is 39.8 Å². The van der Waals surface area contributed by atoms with Gasteiger partial charge in [-0.25, -0.2) is 0 Å². The van der Waals surface area contributed by atoms with Gasteiger partial charge < -0.3 is 15.8 Å². The Labute approximate surface area is 126 Å². The van der Waals surface area contributed by atoms with Gasteiger partial charge in [-0.05, 0) is 32.2 Å². The number of hydrogen-bond donors (Lipinski definition) is 2. The van der Waals surface area contributed by atoms with Crippen LogP contribution in [0.4, 0.5) is 0 Å². The minimum absolute atomic E-state index is 0.0269. The number of rotatable bonds is 7. The van der Waals surface area contributed by atoms with E-state index in [-0.39, 0.29) is 5.91 Å². The third-order valence-corrected chi connectivity index (χ3v) is 2.70. The van der Waals surface area contributed by atoms with Crippen LogP contribution < -0.4 is 15.8 Å². The highest BCUT2D eigenvalue weighted by molar-refractivity contribution is 5.77. The minimum Gasteiger partial charge on any atom is -0.492 e. The van der Waals surface area contributed by atoms with Crippen LogP contribution in [-0.2, 0) is 4.79 Å². The molecule has 0 radical (unpaired) electrons. The van der Waals surface area contributed by atoms with Gasteiger partial charge in [-0.15, -0.1) is 0 Å². The molecule has 0 atom stereocenters. The maximum Gasteiger partial charge on any atom is 0.234 e. The third-order valence-electron chi connectivity index (χ3n) is 2.70. The molecular formula is C16H23N3O2. The molecular weight excluding hydrogens is 266 g/mol. The molecule has 1 aromatic rings. The molecule has 0 heterocycles. The highest BCUT2D eigenvalue weighted by Crippen LogP contribution is 2.12. The number of nitrogens with one attached hydrogen (secondary N) is 1. The average molecular weight is 289 g/mol. The summed E-state index contributed by atoms with van der Waals surface area (Å²) in [7, 11) is 1.89. The molecule has 0 fully saturated rings. The molecule has 5 heteroatoms. The van der Waals surface area contributed by atoms with Crippen LogP contribution >= 0.6 is 0 Å². The van der Waals surface area contributed by atoms with E-state index in [1.165, 1.54) is 0 Å². The molecule has 3 N–H and O–H groups in total. The molecule has 1 rings (SSSR count). The van der Waals surface area contributed by atoms with Gasteiger partial charge in [-0.2, -0.15) is 0 Å². The fourth-order valence-electron chi connectivity index (χ4n) is 1.71. The summed E-state index contributed by atoms with van der Waals surface area (Å²) >= 11 is 0. The molecule has 0 saturated carbocycles. The number of nitrogens with two attached hydrogens (primary N) is 1. The van der Waals surface area contributed by atoms with E-state index in [0.717, 1.165) is 11.3 Å². The standard InChI is InChI=1S/C16H23N3O2/c1-3-18-16(20)13-19(2)10-11-21-15-8-4-6-14(12-15)7-5-9-17/h4,6,8,12H,3,9-11,13,17H2,1-2H3,(H,18,20). The van der Waals surface area contributed by atoms with Crippen LogP contribution in [0.2, 0.25) is 0 Å². The lowest BCUT2D eigenvalue weighted by Gasteiger charge is -2.16. The molecule has 21 heavy (non-hydrogen) atoms. The van der Waals surface area contributed by atoms with Crippen molar-refractivity contribution in [1.29, 1.82) is 0 Å². The van der Waals surface area contributed by atoms with Crippen molar-refractivity contribution < 1.29 is 9.53 Å². The zero-order valence-corrected chi connectivity index (χ0v) is 12.7. The van der Waals surface area contributed by atoms with Gasteiger partial charge in [0.05, 0.1) is 13.1 Å².